The Morgan fingerprint density at radius 1 is 0.857 bits per heavy atom. The average molecular weight is 180 g/mol. The summed E-state index contributed by atoms with van der Waals surface area (Å²) in [5.74, 6) is 0. The lowest BCUT2D eigenvalue weighted by Crippen LogP contribution is -2.20. The van der Waals surface area contributed by atoms with Crippen LogP contribution >= 0.6 is 0 Å². The van der Waals surface area contributed by atoms with Crippen LogP contribution < -0.4 is 10.4 Å². The zero-order valence-corrected chi connectivity index (χ0v) is 7.77. The van der Waals surface area contributed by atoms with Crippen molar-refractivity contribution in [2.75, 3.05) is 0 Å². The molecule has 0 unspecified atom stereocenters. The van der Waals surface area contributed by atoms with Crippen molar-refractivity contribution in [2.24, 2.45) is 0 Å². The van der Waals surface area contributed by atoms with Crippen LogP contribution in [0.1, 0.15) is 0 Å². The lowest BCUT2D eigenvalue weighted by Gasteiger charge is -1.93. The third-order valence-corrected chi connectivity index (χ3v) is 2.56. The fourth-order valence-corrected chi connectivity index (χ4v) is 1.89. The molecule has 0 aliphatic carbocycles. The van der Waals surface area contributed by atoms with E-state index in [0.29, 0.717) is 0 Å². The summed E-state index contributed by atoms with van der Waals surface area (Å²) < 4.78 is 1.85. The first kappa shape index (κ1) is 7.51. The first-order valence-electron chi connectivity index (χ1n) is 4.64. The lowest BCUT2D eigenvalue weighted by atomic mass is 10.1. The van der Waals surface area contributed by atoms with Crippen molar-refractivity contribution in [3.05, 3.63) is 46.8 Å². The minimum Gasteiger partial charge on any atom is -0.179 e. The minimum absolute atomic E-state index is 1.25. The van der Waals surface area contributed by atoms with Gasteiger partial charge in [-0.05, 0) is 22.9 Å². The number of benzene rings is 2. The second-order valence-electron chi connectivity index (χ2n) is 3.60. The van der Waals surface area contributed by atoms with Crippen LogP contribution in [0.4, 0.5) is 0 Å². The van der Waals surface area contributed by atoms with Gasteiger partial charge in [0.2, 0.25) is 0 Å². The van der Waals surface area contributed by atoms with Gasteiger partial charge in [0.1, 0.15) is 6.72 Å². The van der Waals surface area contributed by atoms with Gasteiger partial charge in [-0.1, -0.05) is 24.3 Å². The zero-order valence-electron chi connectivity index (χ0n) is 7.77. The second-order valence-corrected chi connectivity index (χ2v) is 3.60. The molecule has 3 rings (SSSR count). The van der Waals surface area contributed by atoms with Gasteiger partial charge < -0.3 is 0 Å². The average Bonchev–Trinajstić information content (AvgIpc) is 2.53. The molecule has 0 spiro atoms. The Morgan fingerprint density at radius 2 is 1.36 bits per heavy atom. The molecule has 1 nitrogen and oxygen atoms in total. The predicted molar refractivity (Wildman–Crippen MR) is 59.5 cm³/mol. The van der Waals surface area contributed by atoms with Gasteiger partial charge in [0.15, 0.2) is 12.4 Å². The van der Waals surface area contributed by atoms with E-state index in [0.717, 1.165) is 0 Å². The van der Waals surface area contributed by atoms with E-state index in [1.807, 2.05) is 17.0 Å². The van der Waals surface area contributed by atoms with Gasteiger partial charge in [-0.25, -0.2) is 0 Å². The van der Waals surface area contributed by atoms with Crippen molar-refractivity contribution in [1.82, 2.24) is 0 Å². The van der Waals surface area contributed by atoms with Crippen molar-refractivity contribution in [2.45, 2.75) is 0 Å². The smallest absolute Gasteiger partial charge is 0.179 e. The molecule has 0 aromatic heterocycles. The largest absolute Gasteiger partial charge is 0.182 e. The molecule has 0 atom stereocenters. The quantitative estimate of drug-likeness (QED) is 0.533. The molecule has 1 aliphatic heterocycles. The van der Waals surface area contributed by atoms with E-state index in [4.69, 9.17) is 0 Å². The Labute approximate surface area is 81.9 Å². The van der Waals surface area contributed by atoms with E-state index >= 15 is 0 Å². The third-order valence-electron chi connectivity index (χ3n) is 2.56. The van der Waals surface area contributed by atoms with Crippen LogP contribution in [0.15, 0.2) is 36.4 Å². The Kier molecular flexibility index (Phi) is 1.37. The van der Waals surface area contributed by atoms with Crippen LogP contribution in [0.25, 0.3) is 23.2 Å². The summed E-state index contributed by atoms with van der Waals surface area (Å²) in [4.78, 5) is 0. The monoisotopic (exact) mass is 180 g/mol. The van der Waals surface area contributed by atoms with Gasteiger partial charge in [-0.15, -0.1) is 0 Å². The summed E-state index contributed by atoms with van der Waals surface area (Å²) in [5, 5.41) is 5.06. The second kappa shape index (κ2) is 2.55. The predicted octanol–water partition coefficient (Wildman–Crippen LogP) is 1.04. The van der Waals surface area contributed by atoms with Gasteiger partial charge in [-0.2, -0.15) is 4.58 Å². The molecule has 66 valence electrons. The van der Waals surface area contributed by atoms with E-state index in [9.17, 15) is 0 Å². The number of fused-ring (bicyclic) bond motifs is 2. The summed E-state index contributed by atoms with van der Waals surface area (Å²) in [6.45, 7) is 3.87. The maximum atomic E-state index is 3.87. The molecule has 1 heterocycles. The maximum Gasteiger partial charge on any atom is 0.182 e. The van der Waals surface area contributed by atoms with Crippen LogP contribution in [0.3, 0.4) is 0 Å². The zero-order chi connectivity index (χ0) is 9.54. The molecular weight excluding hydrogens is 170 g/mol. The van der Waals surface area contributed by atoms with E-state index in [-0.39, 0.29) is 0 Å². The highest BCUT2D eigenvalue weighted by Gasteiger charge is 2.03. The van der Waals surface area contributed by atoms with Gasteiger partial charge in [-0.3, -0.25) is 0 Å². The molecule has 0 bridgehead atoms. The number of nitrogens with zero attached hydrogens (tertiary/aromatic N) is 1. The highest BCUT2D eigenvalue weighted by molar-refractivity contribution is 5.82. The Hall–Kier alpha value is -1.89. The maximum absolute atomic E-state index is 3.87. The third kappa shape index (κ3) is 0.990. The fraction of sp³-hybridized carbons (Fsp3) is 0. The van der Waals surface area contributed by atoms with Crippen molar-refractivity contribution in [3.8, 4) is 0 Å². The van der Waals surface area contributed by atoms with E-state index < -0.39 is 0 Å². The van der Waals surface area contributed by atoms with Crippen molar-refractivity contribution >= 4 is 29.9 Å². The standard InChI is InChI=1S/C13H10N/c1-14-8-12-6-10-4-2-3-5-11(10)7-13(12)9-14/h2-9H,1H2/q+1. The van der Waals surface area contributed by atoms with E-state index in [2.05, 4.69) is 43.1 Å². The van der Waals surface area contributed by atoms with Crippen LogP contribution in [0.5, 0.6) is 0 Å². The molecule has 0 radical (unpaired) electrons. The van der Waals surface area contributed by atoms with Gasteiger partial charge >= 0.3 is 0 Å². The van der Waals surface area contributed by atoms with Gasteiger partial charge in [0.25, 0.3) is 0 Å². The fourth-order valence-electron chi connectivity index (χ4n) is 1.89. The highest BCUT2D eigenvalue weighted by atomic mass is 14.9. The first-order chi connectivity index (χ1) is 6.83. The molecule has 1 heteroatoms. The molecule has 2 aromatic rings. The van der Waals surface area contributed by atoms with E-state index in [1.165, 1.54) is 21.2 Å². The number of hydrogen-bond acceptors (Lipinski definition) is 0. The molecule has 2 aromatic carbocycles. The van der Waals surface area contributed by atoms with Crippen molar-refractivity contribution in [1.29, 1.82) is 0 Å². The Bertz CT molecular complexity index is 594. The minimum atomic E-state index is 1.25. The van der Waals surface area contributed by atoms with Crippen molar-refractivity contribution in [3.63, 3.8) is 0 Å². The molecular formula is C13H10N+. The molecule has 0 saturated heterocycles. The number of rotatable bonds is 0. The topological polar surface area (TPSA) is 3.01 Å². The summed E-state index contributed by atoms with van der Waals surface area (Å²) >= 11 is 0. The normalized spacial score (nSPS) is 13.6. The molecule has 14 heavy (non-hydrogen) atoms. The Morgan fingerprint density at radius 3 is 1.86 bits per heavy atom. The summed E-state index contributed by atoms with van der Waals surface area (Å²) in [7, 11) is 0. The van der Waals surface area contributed by atoms with E-state index in [1.54, 1.807) is 0 Å². The highest BCUT2D eigenvalue weighted by Crippen LogP contribution is 2.08. The lowest BCUT2D eigenvalue weighted by molar-refractivity contribution is -0.282. The SMILES string of the molecule is C=[N+]1C=c2cc3ccccc3cc2=C1. The molecule has 0 amide bonds. The molecule has 0 fully saturated rings. The van der Waals surface area contributed by atoms with Gasteiger partial charge in [0, 0.05) is 0 Å². The van der Waals surface area contributed by atoms with Crippen molar-refractivity contribution < 1.29 is 4.58 Å². The summed E-state index contributed by atoms with van der Waals surface area (Å²) in [6, 6.07) is 12.8. The van der Waals surface area contributed by atoms with Crippen LogP contribution in [0.2, 0.25) is 0 Å². The van der Waals surface area contributed by atoms with Gasteiger partial charge in [0.05, 0.1) is 10.4 Å². The summed E-state index contributed by atoms with van der Waals surface area (Å²) in [5.41, 5.74) is 0. The molecule has 1 aliphatic rings. The number of hydrogen-bond donors (Lipinski definition) is 0. The summed E-state index contributed by atoms with van der Waals surface area (Å²) in [6.07, 6.45) is 4.09. The van der Waals surface area contributed by atoms with Crippen LogP contribution in [-0.4, -0.2) is 11.3 Å². The molecule has 0 N–H and O–H groups in total. The van der Waals surface area contributed by atoms with Crippen LogP contribution in [0, 0.1) is 0 Å². The molecule has 0 saturated carbocycles. The Balaban J connectivity index is 2.56. The van der Waals surface area contributed by atoms with Crippen LogP contribution in [-0.2, 0) is 0 Å². The first-order valence-corrected chi connectivity index (χ1v) is 4.64.